The first-order valence-electron chi connectivity index (χ1n) is 6.50. The van der Waals surface area contributed by atoms with Crippen molar-refractivity contribution in [1.82, 2.24) is 4.90 Å². The number of nitro groups is 1. The fourth-order valence-electron chi connectivity index (χ4n) is 2.09. The fourth-order valence-corrected chi connectivity index (χ4v) is 2.33. The molecule has 8 heteroatoms. The number of hydrogen-bond acceptors (Lipinski definition) is 5. The Labute approximate surface area is 127 Å². The van der Waals surface area contributed by atoms with E-state index in [1.165, 1.54) is 12.1 Å². The summed E-state index contributed by atoms with van der Waals surface area (Å²) in [6.07, 6.45) is -0.146. The Hall–Kier alpha value is -1.57. The number of benzene rings is 1. The molecular formula is C13H19ClN2O5. The number of non-ortho nitro benzene ring substituents is 1. The average Bonchev–Trinajstić information content (AvgIpc) is 2.45. The number of rotatable bonds is 6. The third kappa shape index (κ3) is 4.45. The highest BCUT2D eigenvalue weighted by Gasteiger charge is 2.24. The minimum absolute atomic E-state index is 0. The average molecular weight is 319 g/mol. The summed E-state index contributed by atoms with van der Waals surface area (Å²) >= 11 is 5.74. The summed E-state index contributed by atoms with van der Waals surface area (Å²) in [6.45, 7) is 4.82. The first-order valence-corrected chi connectivity index (χ1v) is 7.03. The van der Waals surface area contributed by atoms with Crippen molar-refractivity contribution in [3.05, 3.63) is 28.3 Å². The van der Waals surface area contributed by atoms with E-state index >= 15 is 0 Å². The molecule has 2 N–H and O–H groups in total. The molecule has 0 bridgehead atoms. The van der Waals surface area contributed by atoms with Crippen LogP contribution in [0.4, 0.5) is 5.69 Å². The molecule has 1 aromatic carbocycles. The third-order valence-electron chi connectivity index (χ3n) is 3.17. The second-order valence-electron chi connectivity index (χ2n) is 4.52. The Bertz CT molecular complexity index is 486. The molecular weight excluding hydrogens is 300 g/mol. The zero-order valence-corrected chi connectivity index (χ0v) is 12.5. The van der Waals surface area contributed by atoms with Gasteiger partial charge in [-0.25, -0.2) is 0 Å². The summed E-state index contributed by atoms with van der Waals surface area (Å²) in [5.41, 5.74) is 0.00102. The van der Waals surface area contributed by atoms with Crippen molar-refractivity contribution < 1.29 is 19.9 Å². The van der Waals surface area contributed by atoms with Crippen LogP contribution in [0.5, 0.6) is 11.5 Å². The molecule has 1 aromatic rings. The van der Waals surface area contributed by atoms with E-state index in [4.69, 9.17) is 21.1 Å². The van der Waals surface area contributed by atoms with Crippen LogP contribution in [0.25, 0.3) is 0 Å². The first kappa shape index (κ1) is 17.5. The van der Waals surface area contributed by atoms with Crippen LogP contribution in [0.15, 0.2) is 18.2 Å². The zero-order valence-electron chi connectivity index (χ0n) is 11.8. The van der Waals surface area contributed by atoms with Crippen LogP contribution in [-0.4, -0.2) is 53.5 Å². The van der Waals surface area contributed by atoms with E-state index in [0.717, 1.165) is 13.1 Å². The summed E-state index contributed by atoms with van der Waals surface area (Å²) in [5.74, 6) is 1.54. The van der Waals surface area contributed by atoms with Crippen LogP contribution in [0.1, 0.15) is 6.92 Å². The van der Waals surface area contributed by atoms with Crippen molar-refractivity contribution >= 4 is 17.3 Å². The van der Waals surface area contributed by atoms with Gasteiger partial charge in [0, 0.05) is 25.0 Å². The maximum Gasteiger partial charge on any atom is 0.273 e. The van der Waals surface area contributed by atoms with Gasteiger partial charge < -0.3 is 14.9 Å². The molecule has 1 aliphatic heterocycles. The van der Waals surface area contributed by atoms with Gasteiger partial charge >= 0.3 is 0 Å². The number of likely N-dealkylation sites (N-methyl/N-ethyl adjacent to an activating group) is 1. The SMILES string of the molecule is CCN(CCCl)CC1COc2ccc([N+](=O)[O-])cc2O1.O. The molecule has 7 nitrogen and oxygen atoms in total. The minimum atomic E-state index is -0.445. The van der Waals surface area contributed by atoms with Crippen LogP contribution in [0, 0.1) is 10.1 Å². The van der Waals surface area contributed by atoms with Gasteiger partial charge in [-0.1, -0.05) is 6.92 Å². The molecule has 21 heavy (non-hydrogen) atoms. The zero-order chi connectivity index (χ0) is 14.5. The number of alkyl halides is 1. The van der Waals surface area contributed by atoms with Gasteiger partial charge in [0.1, 0.15) is 12.7 Å². The van der Waals surface area contributed by atoms with E-state index in [9.17, 15) is 10.1 Å². The van der Waals surface area contributed by atoms with E-state index in [1.807, 2.05) is 0 Å². The molecule has 0 radical (unpaired) electrons. The van der Waals surface area contributed by atoms with Crippen molar-refractivity contribution in [2.75, 3.05) is 32.1 Å². The van der Waals surface area contributed by atoms with Gasteiger partial charge in [-0.3, -0.25) is 15.0 Å². The summed E-state index contributed by atoms with van der Waals surface area (Å²) in [7, 11) is 0. The summed E-state index contributed by atoms with van der Waals surface area (Å²) in [6, 6.07) is 4.38. The molecule has 1 atom stereocenters. The lowest BCUT2D eigenvalue weighted by Crippen LogP contribution is -2.41. The number of ether oxygens (including phenoxy) is 2. The molecule has 0 spiro atoms. The molecule has 1 heterocycles. The number of nitrogens with zero attached hydrogens (tertiary/aromatic N) is 2. The highest BCUT2D eigenvalue weighted by atomic mass is 35.5. The van der Waals surface area contributed by atoms with Crippen LogP contribution < -0.4 is 9.47 Å². The summed E-state index contributed by atoms with van der Waals surface area (Å²) < 4.78 is 11.4. The second kappa shape index (κ2) is 8.02. The molecule has 1 unspecified atom stereocenters. The lowest BCUT2D eigenvalue weighted by Gasteiger charge is -2.30. The second-order valence-corrected chi connectivity index (χ2v) is 4.90. The Balaban J connectivity index is 0.00000220. The lowest BCUT2D eigenvalue weighted by atomic mass is 10.2. The largest absolute Gasteiger partial charge is 0.486 e. The molecule has 0 fully saturated rings. The molecule has 0 saturated carbocycles. The first-order chi connectivity index (χ1) is 9.63. The monoisotopic (exact) mass is 318 g/mol. The van der Waals surface area contributed by atoms with Crippen LogP contribution in [0.3, 0.4) is 0 Å². The summed E-state index contributed by atoms with van der Waals surface area (Å²) in [4.78, 5) is 12.5. The van der Waals surface area contributed by atoms with E-state index in [2.05, 4.69) is 11.8 Å². The predicted octanol–water partition coefficient (Wildman–Crippen LogP) is 1.47. The maximum absolute atomic E-state index is 10.8. The van der Waals surface area contributed by atoms with Crippen molar-refractivity contribution in [3.63, 3.8) is 0 Å². The van der Waals surface area contributed by atoms with Gasteiger partial charge in [0.05, 0.1) is 11.0 Å². The van der Waals surface area contributed by atoms with Crippen LogP contribution in [-0.2, 0) is 0 Å². The van der Waals surface area contributed by atoms with Crippen molar-refractivity contribution in [1.29, 1.82) is 0 Å². The Kier molecular flexibility index (Phi) is 6.67. The fraction of sp³-hybridized carbons (Fsp3) is 0.538. The maximum atomic E-state index is 10.8. The predicted molar refractivity (Wildman–Crippen MR) is 79.5 cm³/mol. The van der Waals surface area contributed by atoms with Gasteiger partial charge in [-0.15, -0.1) is 11.6 Å². The Morgan fingerprint density at radius 1 is 1.48 bits per heavy atom. The van der Waals surface area contributed by atoms with Crippen LogP contribution >= 0.6 is 11.6 Å². The van der Waals surface area contributed by atoms with Crippen LogP contribution in [0.2, 0.25) is 0 Å². The third-order valence-corrected chi connectivity index (χ3v) is 3.34. The standard InChI is InChI=1S/C13H17ClN2O4.H2O/c1-2-15(6-5-14)8-11-9-19-12-4-3-10(16(17)18)7-13(12)20-11;/h3-4,7,11H,2,5-6,8-9H2,1H3;1H2. The minimum Gasteiger partial charge on any atom is -0.486 e. The van der Waals surface area contributed by atoms with E-state index in [-0.39, 0.29) is 17.3 Å². The van der Waals surface area contributed by atoms with E-state index < -0.39 is 4.92 Å². The van der Waals surface area contributed by atoms with E-state index in [1.54, 1.807) is 6.07 Å². The number of fused-ring (bicyclic) bond motifs is 1. The van der Waals surface area contributed by atoms with Gasteiger partial charge in [-0.2, -0.15) is 0 Å². The topological polar surface area (TPSA) is 96.3 Å². The number of nitro benzene ring substituents is 1. The molecule has 0 aliphatic carbocycles. The van der Waals surface area contributed by atoms with Gasteiger partial charge in [0.2, 0.25) is 0 Å². The smallest absolute Gasteiger partial charge is 0.273 e. The summed E-state index contributed by atoms with van der Waals surface area (Å²) in [5, 5.41) is 10.8. The van der Waals surface area contributed by atoms with E-state index in [0.29, 0.717) is 30.5 Å². The molecule has 0 saturated heterocycles. The quantitative estimate of drug-likeness (QED) is 0.449. The molecule has 0 amide bonds. The van der Waals surface area contributed by atoms with Gasteiger partial charge in [0.25, 0.3) is 5.69 Å². The van der Waals surface area contributed by atoms with Gasteiger partial charge in [0.15, 0.2) is 11.5 Å². The van der Waals surface area contributed by atoms with Gasteiger partial charge in [-0.05, 0) is 12.6 Å². The molecule has 0 aromatic heterocycles. The van der Waals surface area contributed by atoms with Crippen molar-refractivity contribution in [2.45, 2.75) is 13.0 Å². The molecule has 118 valence electrons. The van der Waals surface area contributed by atoms with Crippen molar-refractivity contribution in [3.8, 4) is 11.5 Å². The highest BCUT2D eigenvalue weighted by Crippen LogP contribution is 2.34. The highest BCUT2D eigenvalue weighted by molar-refractivity contribution is 6.18. The normalized spacial score (nSPS) is 16.4. The lowest BCUT2D eigenvalue weighted by molar-refractivity contribution is -0.385. The number of hydrogen-bond donors (Lipinski definition) is 0. The molecule has 1 aliphatic rings. The molecule has 2 rings (SSSR count). The Morgan fingerprint density at radius 3 is 2.86 bits per heavy atom. The number of halogens is 1. The Morgan fingerprint density at radius 2 is 2.24 bits per heavy atom. The van der Waals surface area contributed by atoms with Crippen molar-refractivity contribution in [2.24, 2.45) is 0 Å².